The molecule has 1 aliphatic rings. The van der Waals surface area contributed by atoms with E-state index in [4.69, 9.17) is 4.74 Å². The fourth-order valence-electron chi connectivity index (χ4n) is 4.79. The lowest BCUT2D eigenvalue weighted by atomic mass is 9.79. The highest BCUT2D eigenvalue weighted by atomic mass is 16.5. The molecule has 0 saturated carbocycles. The Morgan fingerprint density at radius 3 is 2.56 bits per heavy atom. The zero-order valence-corrected chi connectivity index (χ0v) is 23.1. The molecule has 0 spiro atoms. The summed E-state index contributed by atoms with van der Waals surface area (Å²) in [6.07, 6.45) is 6.30. The molecule has 1 saturated heterocycles. The van der Waals surface area contributed by atoms with Crippen LogP contribution in [0.2, 0.25) is 0 Å². The molecule has 39 heavy (non-hydrogen) atoms. The molecule has 0 radical (unpaired) electrons. The molecule has 0 bridgehead atoms. The quantitative estimate of drug-likeness (QED) is 0.366. The molecule has 2 N–H and O–H groups in total. The third kappa shape index (κ3) is 7.63. The number of morpholine rings is 1. The number of aromatic nitrogens is 2. The number of hydrogen-bond donors (Lipinski definition) is 2. The fourth-order valence-corrected chi connectivity index (χ4v) is 4.79. The topological polar surface area (TPSA) is 105 Å². The van der Waals surface area contributed by atoms with Gasteiger partial charge in [-0.05, 0) is 54.0 Å². The number of nitrogens with zero attached hydrogens (tertiary/aromatic N) is 3. The Bertz CT molecular complexity index is 1280. The van der Waals surface area contributed by atoms with Crippen LogP contribution in [0.4, 0.5) is 0 Å². The molecule has 0 aliphatic carbocycles. The molecule has 8 heteroatoms. The number of unbranched alkanes of at least 4 members (excludes halogenated alkanes) is 1. The Morgan fingerprint density at radius 1 is 1.05 bits per heavy atom. The van der Waals surface area contributed by atoms with Gasteiger partial charge in [0, 0.05) is 37.8 Å². The highest BCUT2D eigenvalue weighted by Crippen LogP contribution is 2.36. The van der Waals surface area contributed by atoms with E-state index < -0.39 is 0 Å². The van der Waals surface area contributed by atoms with Gasteiger partial charge in [-0.15, -0.1) is 0 Å². The Balaban J connectivity index is 1.33. The Labute approximate surface area is 230 Å². The average molecular weight is 531 g/mol. The summed E-state index contributed by atoms with van der Waals surface area (Å²) >= 11 is 0. The smallest absolute Gasteiger partial charge is 0.271 e. The van der Waals surface area contributed by atoms with Crippen molar-refractivity contribution in [3.63, 3.8) is 0 Å². The number of amides is 2. The van der Waals surface area contributed by atoms with Crippen LogP contribution in [0.15, 0.2) is 54.9 Å². The van der Waals surface area contributed by atoms with Gasteiger partial charge < -0.3 is 20.1 Å². The SMILES string of the molecule is Cc1cnc(C(=O)NCc2cccc(-c3ccc(C(C)(C)CCCCC(=O)N4CCOCC4)cc3O)c2)cn1. The maximum atomic E-state index is 12.4. The van der Waals surface area contributed by atoms with E-state index in [1.807, 2.05) is 48.2 Å². The van der Waals surface area contributed by atoms with Crippen molar-refractivity contribution in [2.45, 2.75) is 58.4 Å². The molecule has 0 unspecified atom stereocenters. The molecule has 2 amide bonds. The van der Waals surface area contributed by atoms with Gasteiger partial charge in [0.15, 0.2) is 0 Å². The van der Waals surface area contributed by atoms with Crippen LogP contribution < -0.4 is 5.32 Å². The van der Waals surface area contributed by atoms with E-state index in [0.717, 1.165) is 47.2 Å². The minimum Gasteiger partial charge on any atom is -0.507 e. The first-order valence-corrected chi connectivity index (χ1v) is 13.6. The van der Waals surface area contributed by atoms with Crippen LogP contribution in [0.5, 0.6) is 5.75 Å². The molecule has 2 aromatic carbocycles. The minimum atomic E-state index is -0.284. The summed E-state index contributed by atoms with van der Waals surface area (Å²) in [5, 5.41) is 13.8. The number of hydrogen-bond acceptors (Lipinski definition) is 6. The fraction of sp³-hybridized carbons (Fsp3) is 0.419. The zero-order chi connectivity index (χ0) is 27.8. The molecule has 2 heterocycles. The molecule has 0 atom stereocenters. The van der Waals surface area contributed by atoms with Crippen LogP contribution >= 0.6 is 0 Å². The van der Waals surface area contributed by atoms with E-state index in [-0.39, 0.29) is 28.7 Å². The summed E-state index contributed by atoms with van der Waals surface area (Å²) in [6.45, 7) is 9.14. The number of aryl methyl sites for hydroxylation is 1. The van der Waals surface area contributed by atoms with Crippen LogP contribution in [-0.2, 0) is 21.5 Å². The van der Waals surface area contributed by atoms with E-state index >= 15 is 0 Å². The second-order valence-electron chi connectivity index (χ2n) is 10.7. The number of ether oxygens (including phenoxy) is 1. The Kier molecular flexibility index (Phi) is 9.30. The number of phenolic OH excluding ortho intramolecular Hbond substituents is 1. The molecule has 1 aromatic heterocycles. The van der Waals surface area contributed by atoms with E-state index in [1.165, 1.54) is 6.20 Å². The molecule has 206 valence electrons. The number of nitrogens with one attached hydrogen (secondary N) is 1. The van der Waals surface area contributed by atoms with Crippen molar-refractivity contribution >= 4 is 11.8 Å². The molecule has 1 fully saturated rings. The van der Waals surface area contributed by atoms with Gasteiger partial charge in [0.2, 0.25) is 5.91 Å². The zero-order valence-electron chi connectivity index (χ0n) is 23.1. The monoisotopic (exact) mass is 530 g/mol. The third-order valence-corrected chi connectivity index (χ3v) is 7.29. The van der Waals surface area contributed by atoms with Crippen molar-refractivity contribution in [3.8, 4) is 16.9 Å². The van der Waals surface area contributed by atoms with Crippen LogP contribution in [0.3, 0.4) is 0 Å². The van der Waals surface area contributed by atoms with E-state index in [1.54, 1.807) is 6.20 Å². The number of aromatic hydroxyl groups is 1. The van der Waals surface area contributed by atoms with E-state index in [0.29, 0.717) is 39.3 Å². The van der Waals surface area contributed by atoms with E-state index in [9.17, 15) is 14.7 Å². The van der Waals surface area contributed by atoms with Crippen LogP contribution in [0, 0.1) is 6.92 Å². The van der Waals surface area contributed by atoms with Crippen LogP contribution in [0.1, 0.15) is 66.8 Å². The summed E-state index contributed by atoms with van der Waals surface area (Å²) in [5.74, 6) is 0.149. The van der Waals surface area contributed by atoms with Crippen molar-refractivity contribution in [3.05, 3.63) is 77.4 Å². The highest BCUT2D eigenvalue weighted by Gasteiger charge is 2.23. The second-order valence-corrected chi connectivity index (χ2v) is 10.7. The normalized spacial score (nSPS) is 13.8. The number of phenols is 1. The van der Waals surface area contributed by atoms with Gasteiger partial charge in [-0.1, -0.05) is 50.6 Å². The number of benzene rings is 2. The third-order valence-electron chi connectivity index (χ3n) is 7.29. The van der Waals surface area contributed by atoms with E-state index in [2.05, 4.69) is 35.2 Å². The predicted molar refractivity (Wildman–Crippen MR) is 150 cm³/mol. The Morgan fingerprint density at radius 2 is 1.85 bits per heavy atom. The summed E-state index contributed by atoms with van der Waals surface area (Å²) in [4.78, 5) is 34.9. The van der Waals surface area contributed by atoms with Gasteiger partial charge in [0.1, 0.15) is 11.4 Å². The molecule has 8 nitrogen and oxygen atoms in total. The molecule has 4 rings (SSSR count). The first-order chi connectivity index (χ1) is 18.7. The van der Waals surface area contributed by atoms with Crippen molar-refractivity contribution in [1.29, 1.82) is 0 Å². The summed E-state index contributed by atoms with van der Waals surface area (Å²) in [6, 6.07) is 13.6. The molecule has 1 aliphatic heterocycles. The standard InChI is InChI=1S/C31H38N4O4/c1-22-19-33-27(21-32-22)30(38)34-20-23-7-6-8-24(17-23)26-11-10-25(18-28(26)36)31(2,3)12-5-4-9-29(37)35-13-15-39-16-14-35/h6-8,10-11,17-19,21,36H,4-5,9,12-16,20H2,1-3H3,(H,34,38). The lowest BCUT2D eigenvalue weighted by Gasteiger charge is -2.28. The van der Waals surface area contributed by atoms with Gasteiger partial charge in [0.25, 0.3) is 5.91 Å². The maximum Gasteiger partial charge on any atom is 0.271 e. The minimum absolute atomic E-state index is 0.136. The lowest BCUT2D eigenvalue weighted by molar-refractivity contribution is -0.135. The van der Waals surface area contributed by atoms with Crippen LogP contribution in [-0.4, -0.2) is 58.1 Å². The van der Waals surface area contributed by atoms with Crippen molar-refractivity contribution in [1.82, 2.24) is 20.2 Å². The first-order valence-electron chi connectivity index (χ1n) is 13.6. The highest BCUT2D eigenvalue weighted by molar-refractivity contribution is 5.91. The molecular formula is C31H38N4O4. The number of carbonyl (C=O) groups is 2. The summed E-state index contributed by atoms with van der Waals surface area (Å²) in [5.41, 5.74) is 4.48. The van der Waals surface area contributed by atoms with Gasteiger partial charge in [-0.3, -0.25) is 14.6 Å². The number of rotatable bonds is 10. The van der Waals surface area contributed by atoms with Crippen molar-refractivity contribution < 1.29 is 19.4 Å². The van der Waals surface area contributed by atoms with Crippen LogP contribution in [0.25, 0.3) is 11.1 Å². The first kappa shape index (κ1) is 28.2. The van der Waals surface area contributed by atoms with Gasteiger partial charge in [-0.25, -0.2) is 4.98 Å². The van der Waals surface area contributed by atoms with Gasteiger partial charge in [-0.2, -0.15) is 0 Å². The molecular weight excluding hydrogens is 492 g/mol. The average Bonchev–Trinajstić information content (AvgIpc) is 2.95. The summed E-state index contributed by atoms with van der Waals surface area (Å²) < 4.78 is 5.33. The van der Waals surface area contributed by atoms with Crippen molar-refractivity contribution in [2.24, 2.45) is 0 Å². The Hall–Kier alpha value is -3.78. The maximum absolute atomic E-state index is 12.4. The van der Waals surface area contributed by atoms with Gasteiger partial charge >= 0.3 is 0 Å². The predicted octanol–water partition coefficient (Wildman–Crippen LogP) is 4.78. The largest absolute Gasteiger partial charge is 0.507 e. The lowest BCUT2D eigenvalue weighted by Crippen LogP contribution is -2.40. The number of carbonyl (C=O) groups excluding carboxylic acids is 2. The second kappa shape index (κ2) is 12.8. The van der Waals surface area contributed by atoms with Crippen molar-refractivity contribution in [2.75, 3.05) is 26.3 Å². The summed E-state index contributed by atoms with van der Waals surface area (Å²) in [7, 11) is 0. The molecule has 3 aromatic rings. The van der Waals surface area contributed by atoms with Gasteiger partial charge in [0.05, 0.1) is 25.1 Å².